The summed E-state index contributed by atoms with van der Waals surface area (Å²) in [6.45, 7) is 0.636. The van der Waals surface area contributed by atoms with Crippen molar-refractivity contribution < 1.29 is 13.2 Å². The maximum Gasteiger partial charge on any atom is 0.245 e. The number of sulfonamides is 1. The molecule has 5 nitrogen and oxygen atoms in total. The third kappa shape index (κ3) is 4.79. The van der Waals surface area contributed by atoms with E-state index in [0.29, 0.717) is 13.0 Å². The van der Waals surface area contributed by atoms with Gasteiger partial charge in [0.25, 0.3) is 0 Å². The van der Waals surface area contributed by atoms with Gasteiger partial charge in [0.2, 0.25) is 10.0 Å². The number of rotatable bonds is 9. The second-order valence-electron chi connectivity index (χ2n) is 8.06. The van der Waals surface area contributed by atoms with E-state index in [2.05, 4.69) is 0 Å². The van der Waals surface area contributed by atoms with Gasteiger partial charge in [-0.3, -0.25) is 0 Å². The lowest BCUT2D eigenvalue weighted by Crippen LogP contribution is -2.38. The monoisotopic (exact) mass is 450 g/mol. The SMILES string of the molecule is NCCCCC[C@@H]1O[C@H](c2ccccc2)[C@H](c2ccccc2)N1S(=O)(=O)c1ccccc1. The standard InChI is InChI=1S/C26H30N2O3S/c27-20-12-4-11-19-24-28(32(29,30)23-17-9-3-10-18-23)25(21-13-5-1-6-14-21)26(31-24)22-15-7-2-8-16-22/h1-3,5-10,13-18,24-26H,4,11-12,19-20,27H2/t24-,25-,26+/m0/s1. The van der Waals surface area contributed by atoms with E-state index in [1.54, 1.807) is 28.6 Å². The molecular weight excluding hydrogens is 420 g/mol. The van der Waals surface area contributed by atoms with Gasteiger partial charge in [-0.1, -0.05) is 85.3 Å². The molecule has 32 heavy (non-hydrogen) atoms. The second-order valence-corrected chi connectivity index (χ2v) is 9.91. The Morgan fingerprint density at radius 1 is 0.750 bits per heavy atom. The van der Waals surface area contributed by atoms with Crippen LogP contribution in [0.5, 0.6) is 0 Å². The normalized spacial score (nSPS) is 21.6. The van der Waals surface area contributed by atoms with E-state index >= 15 is 0 Å². The minimum atomic E-state index is -3.79. The van der Waals surface area contributed by atoms with E-state index in [4.69, 9.17) is 10.5 Å². The molecule has 3 aromatic carbocycles. The number of benzene rings is 3. The first-order chi connectivity index (χ1) is 15.6. The molecule has 1 aliphatic heterocycles. The van der Waals surface area contributed by atoms with E-state index in [1.165, 1.54) is 0 Å². The topological polar surface area (TPSA) is 72.6 Å². The highest BCUT2D eigenvalue weighted by Gasteiger charge is 2.49. The van der Waals surface area contributed by atoms with Crippen LogP contribution in [0.15, 0.2) is 95.9 Å². The third-order valence-corrected chi connectivity index (χ3v) is 7.78. The highest BCUT2D eigenvalue weighted by molar-refractivity contribution is 7.89. The van der Waals surface area contributed by atoms with E-state index < -0.39 is 28.4 Å². The number of nitrogens with zero attached hydrogens (tertiary/aromatic N) is 1. The largest absolute Gasteiger partial charge is 0.352 e. The van der Waals surface area contributed by atoms with E-state index in [0.717, 1.165) is 30.4 Å². The van der Waals surface area contributed by atoms with Crippen LogP contribution in [0, 0.1) is 0 Å². The Balaban J connectivity index is 1.79. The van der Waals surface area contributed by atoms with Crippen LogP contribution < -0.4 is 5.73 Å². The summed E-state index contributed by atoms with van der Waals surface area (Å²) in [6, 6.07) is 27.9. The van der Waals surface area contributed by atoms with E-state index in [-0.39, 0.29) is 4.90 Å². The molecule has 0 bridgehead atoms. The molecule has 0 aliphatic carbocycles. The summed E-state index contributed by atoms with van der Waals surface area (Å²) in [5.74, 6) is 0. The van der Waals surface area contributed by atoms with Crippen molar-refractivity contribution in [3.8, 4) is 0 Å². The first-order valence-corrected chi connectivity index (χ1v) is 12.6. The van der Waals surface area contributed by atoms with Crippen molar-refractivity contribution in [1.82, 2.24) is 4.31 Å². The molecule has 0 spiro atoms. The summed E-state index contributed by atoms with van der Waals surface area (Å²) in [4.78, 5) is 0.283. The molecule has 1 saturated heterocycles. The van der Waals surface area contributed by atoms with Crippen molar-refractivity contribution in [3.05, 3.63) is 102 Å². The average Bonchev–Trinajstić information content (AvgIpc) is 3.24. The molecule has 0 radical (unpaired) electrons. The van der Waals surface area contributed by atoms with Crippen molar-refractivity contribution in [2.75, 3.05) is 6.54 Å². The molecule has 1 fully saturated rings. The number of unbranched alkanes of at least 4 members (excludes halogenated alkanes) is 2. The quantitative estimate of drug-likeness (QED) is 0.464. The first-order valence-electron chi connectivity index (χ1n) is 11.2. The number of hydrogen-bond acceptors (Lipinski definition) is 4. The van der Waals surface area contributed by atoms with Gasteiger partial charge in [0.1, 0.15) is 12.3 Å². The summed E-state index contributed by atoms with van der Waals surface area (Å²) >= 11 is 0. The molecule has 0 saturated carbocycles. The number of ether oxygens (including phenoxy) is 1. The molecule has 0 amide bonds. The van der Waals surface area contributed by atoms with Crippen molar-refractivity contribution in [3.63, 3.8) is 0 Å². The lowest BCUT2D eigenvalue weighted by molar-refractivity contribution is 0.0136. The van der Waals surface area contributed by atoms with Crippen LogP contribution in [-0.2, 0) is 14.8 Å². The Kier molecular flexibility index (Phi) is 7.37. The third-order valence-electron chi connectivity index (χ3n) is 5.89. The van der Waals surface area contributed by atoms with Crippen molar-refractivity contribution in [2.24, 2.45) is 5.73 Å². The highest BCUT2D eigenvalue weighted by Crippen LogP contribution is 2.48. The number of nitrogens with two attached hydrogens (primary N) is 1. The molecule has 2 N–H and O–H groups in total. The van der Waals surface area contributed by atoms with Crippen molar-refractivity contribution in [2.45, 2.75) is 49.0 Å². The van der Waals surface area contributed by atoms with Gasteiger partial charge in [0.05, 0.1) is 10.9 Å². The summed E-state index contributed by atoms with van der Waals surface area (Å²) in [7, 11) is -3.79. The average molecular weight is 451 g/mol. The van der Waals surface area contributed by atoms with Crippen LogP contribution in [0.2, 0.25) is 0 Å². The molecule has 168 valence electrons. The Morgan fingerprint density at radius 2 is 1.31 bits per heavy atom. The maximum absolute atomic E-state index is 13.9. The maximum atomic E-state index is 13.9. The molecule has 3 atom stereocenters. The zero-order chi connectivity index (χ0) is 22.4. The van der Waals surface area contributed by atoms with Gasteiger partial charge in [0.15, 0.2) is 0 Å². The predicted octanol–water partition coefficient (Wildman–Crippen LogP) is 5.04. The van der Waals surface area contributed by atoms with E-state index in [9.17, 15) is 8.42 Å². The Labute approximate surface area is 190 Å². The van der Waals surface area contributed by atoms with Crippen molar-refractivity contribution in [1.29, 1.82) is 0 Å². The van der Waals surface area contributed by atoms with Gasteiger partial charge >= 0.3 is 0 Å². The Bertz CT molecular complexity index is 1080. The molecule has 1 aliphatic rings. The summed E-state index contributed by atoms with van der Waals surface area (Å²) in [6.07, 6.45) is 2.40. The van der Waals surface area contributed by atoms with Crippen LogP contribution in [0.4, 0.5) is 0 Å². The van der Waals surface area contributed by atoms with Gasteiger partial charge in [-0.15, -0.1) is 0 Å². The molecular formula is C26H30N2O3S. The molecule has 1 heterocycles. The molecule has 4 rings (SSSR count). The van der Waals surface area contributed by atoms with Crippen LogP contribution in [0.1, 0.15) is 49.0 Å². The van der Waals surface area contributed by atoms with Gasteiger partial charge in [-0.05, 0) is 49.1 Å². The van der Waals surface area contributed by atoms with Gasteiger partial charge < -0.3 is 10.5 Å². The predicted molar refractivity (Wildman–Crippen MR) is 126 cm³/mol. The minimum absolute atomic E-state index is 0.283. The summed E-state index contributed by atoms with van der Waals surface area (Å²) in [5, 5.41) is 0. The second kappa shape index (κ2) is 10.4. The molecule has 3 aromatic rings. The van der Waals surface area contributed by atoms with Gasteiger partial charge in [-0.2, -0.15) is 4.31 Å². The summed E-state index contributed by atoms with van der Waals surface area (Å²) < 4.78 is 36.0. The molecule has 0 aromatic heterocycles. The fraction of sp³-hybridized carbons (Fsp3) is 0.308. The zero-order valence-corrected chi connectivity index (χ0v) is 18.9. The molecule has 0 unspecified atom stereocenters. The van der Waals surface area contributed by atoms with Crippen LogP contribution >= 0.6 is 0 Å². The molecule has 6 heteroatoms. The smallest absolute Gasteiger partial charge is 0.245 e. The lowest BCUT2D eigenvalue weighted by atomic mass is 9.96. The highest BCUT2D eigenvalue weighted by atomic mass is 32.2. The van der Waals surface area contributed by atoms with Gasteiger partial charge in [-0.25, -0.2) is 8.42 Å². The van der Waals surface area contributed by atoms with E-state index in [1.807, 2.05) is 66.7 Å². The Morgan fingerprint density at radius 3 is 1.91 bits per heavy atom. The Hall–Kier alpha value is -2.51. The minimum Gasteiger partial charge on any atom is -0.352 e. The van der Waals surface area contributed by atoms with Crippen LogP contribution in [0.3, 0.4) is 0 Å². The van der Waals surface area contributed by atoms with Crippen molar-refractivity contribution >= 4 is 10.0 Å². The fourth-order valence-corrected chi connectivity index (χ4v) is 6.09. The fourth-order valence-electron chi connectivity index (χ4n) is 4.35. The summed E-state index contributed by atoms with van der Waals surface area (Å²) in [5.41, 5.74) is 7.55. The van der Waals surface area contributed by atoms with Crippen LogP contribution in [-0.4, -0.2) is 25.5 Å². The zero-order valence-electron chi connectivity index (χ0n) is 18.1. The van der Waals surface area contributed by atoms with Crippen LogP contribution in [0.25, 0.3) is 0 Å². The first kappa shape index (κ1) is 22.7. The number of hydrogen-bond donors (Lipinski definition) is 1. The lowest BCUT2D eigenvalue weighted by Gasteiger charge is -2.29. The van der Waals surface area contributed by atoms with Gasteiger partial charge in [0, 0.05) is 0 Å².